The third-order valence-electron chi connectivity index (χ3n) is 2.59. The Kier molecular flexibility index (Phi) is 7.60. The van der Waals surface area contributed by atoms with E-state index in [1.165, 1.54) is 19.3 Å². The first-order chi connectivity index (χ1) is 8.29. The summed E-state index contributed by atoms with van der Waals surface area (Å²) in [6, 6.07) is 0. The van der Waals surface area contributed by atoms with E-state index in [0.29, 0.717) is 0 Å². The van der Waals surface area contributed by atoms with Gasteiger partial charge in [-0.3, -0.25) is 9.89 Å². The van der Waals surface area contributed by atoms with Crippen molar-refractivity contribution in [2.75, 3.05) is 25.4 Å². The van der Waals surface area contributed by atoms with Crippen LogP contribution in [0.1, 0.15) is 39.5 Å². The highest BCUT2D eigenvalue weighted by Crippen LogP contribution is 2.16. The number of thioether (sulfide) groups is 1. The van der Waals surface area contributed by atoms with E-state index in [4.69, 9.17) is 12.2 Å². The molecule has 0 unspecified atom stereocenters. The molecule has 0 radical (unpaired) electrons. The Morgan fingerprint density at radius 2 is 2.18 bits per heavy atom. The van der Waals surface area contributed by atoms with E-state index in [1.54, 1.807) is 0 Å². The van der Waals surface area contributed by atoms with E-state index in [1.807, 2.05) is 11.8 Å². The first-order valence-corrected chi connectivity index (χ1v) is 7.91. The van der Waals surface area contributed by atoms with E-state index in [9.17, 15) is 0 Å². The minimum Gasteiger partial charge on any atom is -0.362 e. The molecule has 1 rings (SSSR count). The summed E-state index contributed by atoms with van der Waals surface area (Å²) < 4.78 is 0. The van der Waals surface area contributed by atoms with E-state index in [2.05, 4.69) is 29.1 Å². The zero-order chi connectivity index (χ0) is 12.5. The Balaban J connectivity index is 2.46. The van der Waals surface area contributed by atoms with Crippen molar-refractivity contribution in [1.29, 1.82) is 0 Å². The van der Waals surface area contributed by atoms with Gasteiger partial charge in [-0.2, -0.15) is 0 Å². The Labute approximate surface area is 114 Å². The van der Waals surface area contributed by atoms with Crippen LogP contribution >= 0.6 is 24.0 Å². The van der Waals surface area contributed by atoms with Gasteiger partial charge in [0.15, 0.2) is 10.3 Å². The van der Waals surface area contributed by atoms with Gasteiger partial charge in [0.25, 0.3) is 0 Å². The summed E-state index contributed by atoms with van der Waals surface area (Å²) in [5.41, 5.74) is 0. The molecule has 0 aliphatic carbocycles. The molecule has 0 aromatic rings. The van der Waals surface area contributed by atoms with Crippen molar-refractivity contribution in [2.45, 2.75) is 39.5 Å². The van der Waals surface area contributed by atoms with Gasteiger partial charge in [0.2, 0.25) is 0 Å². The summed E-state index contributed by atoms with van der Waals surface area (Å²) >= 11 is 7.28. The summed E-state index contributed by atoms with van der Waals surface area (Å²) in [4.78, 5) is 6.69. The highest BCUT2D eigenvalue weighted by Gasteiger charge is 2.18. The molecule has 0 aromatic carbocycles. The number of rotatable bonds is 6. The summed E-state index contributed by atoms with van der Waals surface area (Å²) in [6.07, 6.45) is 4.71. The maximum absolute atomic E-state index is 5.46. The number of unbranched alkanes of at least 4 members (excludes halogenated alkanes) is 2. The molecule has 1 aliphatic rings. The van der Waals surface area contributed by atoms with Crippen LogP contribution in [-0.4, -0.2) is 40.6 Å². The molecule has 1 heterocycles. The van der Waals surface area contributed by atoms with E-state index in [-0.39, 0.29) is 0 Å². The molecule has 0 fully saturated rings. The van der Waals surface area contributed by atoms with Gasteiger partial charge in [-0.05, 0) is 25.1 Å². The quantitative estimate of drug-likeness (QED) is 0.595. The molecule has 0 aromatic heterocycles. The number of amidine groups is 1. The zero-order valence-electron chi connectivity index (χ0n) is 10.9. The maximum Gasteiger partial charge on any atom is 0.175 e. The van der Waals surface area contributed by atoms with Crippen LogP contribution in [-0.2, 0) is 0 Å². The predicted octanol–water partition coefficient (Wildman–Crippen LogP) is 2.87. The largest absolute Gasteiger partial charge is 0.362 e. The molecule has 98 valence electrons. The van der Waals surface area contributed by atoms with Crippen LogP contribution in [0, 0.1) is 0 Å². The fourth-order valence-electron chi connectivity index (χ4n) is 1.55. The SMILES string of the molecule is CCCCNC(=S)N(CCCC)C1=NCCS1. The number of hydrogen-bond acceptors (Lipinski definition) is 3. The normalized spacial score (nSPS) is 14.6. The molecule has 0 bridgehead atoms. The van der Waals surface area contributed by atoms with E-state index >= 15 is 0 Å². The number of thiocarbonyl (C=S) groups is 1. The minimum absolute atomic E-state index is 0.847. The first-order valence-electron chi connectivity index (χ1n) is 6.52. The van der Waals surface area contributed by atoms with Crippen molar-refractivity contribution < 1.29 is 0 Å². The van der Waals surface area contributed by atoms with Crippen LogP contribution in [0.3, 0.4) is 0 Å². The lowest BCUT2D eigenvalue weighted by Crippen LogP contribution is -2.43. The predicted molar refractivity (Wildman–Crippen MR) is 81.9 cm³/mol. The molecule has 3 nitrogen and oxygen atoms in total. The van der Waals surface area contributed by atoms with Gasteiger partial charge in [0.05, 0.1) is 6.54 Å². The third kappa shape index (κ3) is 5.25. The summed E-state index contributed by atoms with van der Waals surface area (Å²) in [5.74, 6) is 1.09. The van der Waals surface area contributed by atoms with E-state index < -0.39 is 0 Å². The number of aliphatic imine (C=N–C) groups is 1. The molecule has 17 heavy (non-hydrogen) atoms. The van der Waals surface area contributed by atoms with Gasteiger partial charge in [-0.1, -0.05) is 38.5 Å². The Bertz CT molecular complexity index is 266. The van der Waals surface area contributed by atoms with Gasteiger partial charge < -0.3 is 5.32 Å². The van der Waals surface area contributed by atoms with Gasteiger partial charge in [0, 0.05) is 18.8 Å². The number of nitrogens with one attached hydrogen (secondary N) is 1. The highest BCUT2D eigenvalue weighted by atomic mass is 32.2. The number of nitrogens with zero attached hydrogens (tertiary/aromatic N) is 2. The van der Waals surface area contributed by atoms with Crippen LogP contribution in [0.5, 0.6) is 0 Å². The van der Waals surface area contributed by atoms with Gasteiger partial charge in [-0.15, -0.1) is 0 Å². The summed E-state index contributed by atoms with van der Waals surface area (Å²) in [6.45, 7) is 7.28. The molecule has 0 saturated heterocycles. The highest BCUT2D eigenvalue weighted by molar-refractivity contribution is 8.14. The summed E-state index contributed by atoms with van der Waals surface area (Å²) in [5, 5.41) is 5.28. The molecule has 0 atom stereocenters. The molecular formula is C12H23N3S2. The monoisotopic (exact) mass is 273 g/mol. The van der Waals surface area contributed by atoms with Crippen LogP contribution in [0.15, 0.2) is 4.99 Å². The van der Waals surface area contributed by atoms with Crippen LogP contribution in [0.4, 0.5) is 0 Å². The lowest BCUT2D eigenvalue weighted by Gasteiger charge is -2.24. The van der Waals surface area contributed by atoms with Crippen molar-refractivity contribution in [1.82, 2.24) is 10.2 Å². The third-order valence-corrected chi connectivity index (χ3v) is 3.95. The van der Waals surface area contributed by atoms with Crippen molar-refractivity contribution in [3.63, 3.8) is 0 Å². The minimum atomic E-state index is 0.847. The van der Waals surface area contributed by atoms with Gasteiger partial charge >= 0.3 is 0 Å². The standard InChI is InChI=1S/C12H23N3S2/c1-3-5-7-13-11(16)15(9-6-4-2)12-14-8-10-17-12/h3-10H2,1-2H3,(H,13,16). The fraction of sp³-hybridized carbons (Fsp3) is 0.833. The first kappa shape index (κ1) is 14.8. The smallest absolute Gasteiger partial charge is 0.175 e. The average molecular weight is 273 g/mol. The van der Waals surface area contributed by atoms with Crippen molar-refractivity contribution in [3.05, 3.63) is 0 Å². The Hall–Kier alpha value is -0.290. The average Bonchev–Trinajstić information content (AvgIpc) is 2.83. The topological polar surface area (TPSA) is 27.6 Å². The molecule has 1 aliphatic heterocycles. The molecule has 5 heteroatoms. The summed E-state index contributed by atoms with van der Waals surface area (Å²) in [7, 11) is 0. The second kappa shape index (κ2) is 8.75. The maximum atomic E-state index is 5.46. The second-order valence-electron chi connectivity index (χ2n) is 4.10. The van der Waals surface area contributed by atoms with Crippen LogP contribution in [0.2, 0.25) is 0 Å². The number of hydrogen-bond donors (Lipinski definition) is 1. The lowest BCUT2D eigenvalue weighted by atomic mass is 10.3. The van der Waals surface area contributed by atoms with Crippen molar-refractivity contribution in [3.8, 4) is 0 Å². The van der Waals surface area contributed by atoms with Gasteiger partial charge in [0.1, 0.15) is 0 Å². The molecule has 0 spiro atoms. The molecular weight excluding hydrogens is 250 g/mol. The fourth-order valence-corrected chi connectivity index (χ4v) is 2.78. The Morgan fingerprint density at radius 3 is 2.76 bits per heavy atom. The van der Waals surface area contributed by atoms with Gasteiger partial charge in [-0.25, -0.2) is 0 Å². The molecule has 0 saturated carbocycles. The second-order valence-corrected chi connectivity index (χ2v) is 5.55. The van der Waals surface area contributed by atoms with Crippen molar-refractivity contribution in [2.24, 2.45) is 4.99 Å². The Morgan fingerprint density at radius 1 is 1.41 bits per heavy atom. The molecule has 1 N–H and O–H groups in total. The zero-order valence-corrected chi connectivity index (χ0v) is 12.5. The molecule has 0 amide bonds. The van der Waals surface area contributed by atoms with Crippen LogP contribution < -0.4 is 5.32 Å². The lowest BCUT2D eigenvalue weighted by molar-refractivity contribution is 0.560. The van der Waals surface area contributed by atoms with Crippen LogP contribution in [0.25, 0.3) is 0 Å². The van der Waals surface area contributed by atoms with E-state index in [0.717, 1.165) is 42.1 Å². The van der Waals surface area contributed by atoms with Crippen molar-refractivity contribution >= 4 is 34.3 Å².